The third kappa shape index (κ3) is 3.50. The van der Waals surface area contributed by atoms with Crippen LogP contribution in [0.4, 0.5) is 29.1 Å². The number of nitro groups is 1. The summed E-state index contributed by atoms with van der Waals surface area (Å²) >= 11 is 0. The Kier molecular flexibility index (Phi) is 4.81. The van der Waals surface area contributed by atoms with Gasteiger partial charge in [0.05, 0.1) is 23.4 Å². The molecule has 1 N–H and O–H groups in total. The van der Waals surface area contributed by atoms with E-state index < -0.39 is 45.6 Å². The third-order valence-electron chi connectivity index (χ3n) is 3.08. The summed E-state index contributed by atoms with van der Waals surface area (Å²) in [6.45, 7) is 1.38. The Morgan fingerprint density at radius 1 is 1.25 bits per heavy atom. The van der Waals surface area contributed by atoms with Crippen molar-refractivity contribution < 1.29 is 27.3 Å². The van der Waals surface area contributed by atoms with Crippen molar-refractivity contribution in [1.29, 1.82) is 0 Å². The van der Waals surface area contributed by atoms with Crippen LogP contribution in [-0.4, -0.2) is 20.6 Å². The third-order valence-corrected chi connectivity index (χ3v) is 3.08. The van der Waals surface area contributed by atoms with Gasteiger partial charge in [0.15, 0.2) is 23.3 Å². The number of amides is 1. The molecule has 0 aliphatic carbocycles. The summed E-state index contributed by atoms with van der Waals surface area (Å²) in [6.07, 6.45) is -0.378. The van der Waals surface area contributed by atoms with Crippen molar-refractivity contribution in [1.82, 2.24) is 9.78 Å². The first-order valence-corrected chi connectivity index (χ1v) is 6.52. The predicted octanol–water partition coefficient (Wildman–Crippen LogP) is 2.68. The van der Waals surface area contributed by atoms with Crippen molar-refractivity contribution in [3.8, 4) is 0 Å². The van der Waals surface area contributed by atoms with Crippen LogP contribution in [0.1, 0.15) is 12.1 Å². The molecule has 0 bridgehead atoms. The molecule has 0 aliphatic heterocycles. The molecule has 1 aromatic carbocycles. The first-order valence-electron chi connectivity index (χ1n) is 6.52. The maximum Gasteiger partial charge on any atom is 0.390 e. The molecule has 1 aromatic heterocycles. The standard InChI is InChI=1S/C13H10F4N4O3/c1-6-4-9(21(23)24)19-20(6)3-2-10(22)18-13-11(16)7(14)5-8(15)12(13)17/h4-5H,2-3H2,1H3,(H,18,22). The number of carbonyl (C=O) groups excluding carboxylic acids is 1. The predicted molar refractivity (Wildman–Crippen MR) is 73.1 cm³/mol. The van der Waals surface area contributed by atoms with Crippen LogP contribution >= 0.6 is 0 Å². The molecule has 2 rings (SSSR count). The van der Waals surface area contributed by atoms with Gasteiger partial charge in [0.25, 0.3) is 0 Å². The topological polar surface area (TPSA) is 90.1 Å². The lowest BCUT2D eigenvalue weighted by molar-refractivity contribution is -0.389. The van der Waals surface area contributed by atoms with Gasteiger partial charge in [0.1, 0.15) is 5.69 Å². The maximum atomic E-state index is 13.4. The van der Waals surface area contributed by atoms with Crippen molar-refractivity contribution in [2.45, 2.75) is 19.9 Å². The molecule has 7 nitrogen and oxygen atoms in total. The number of benzene rings is 1. The van der Waals surface area contributed by atoms with Crippen LogP contribution < -0.4 is 5.32 Å². The van der Waals surface area contributed by atoms with E-state index in [1.807, 2.05) is 0 Å². The SMILES string of the molecule is Cc1cc([N+](=O)[O-])nn1CCC(=O)Nc1c(F)c(F)cc(F)c1F. The molecule has 0 spiro atoms. The fraction of sp³-hybridized carbons (Fsp3) is 0.231. The average Bonchev–Trinajstić information content (AvgIpc) is 2.89. The molecule has 1 heterocycles. The second kappa shape index (κ2) is 6.64. The second-order valence-electron chi connectivity index (χ2n) is 4.77. The Balaban J connectivity index is 2.09. The largest absolute Gasteiger partial charge is 0.390 e. The summed E-state index contributed by atoms with van der Waals surface area (Å²) in [7, 11) is 0. The highest BCUT2D eigenvalue weighted by molar-refractivity contribution is 5.90. The van der Waals surface area contributed by atoms with Gasteiger partial charge in [-0.05, 0) is 11.8 Å². The molecule has 0 saturated carbocycles. The molecule has 11 heteroatoms. The van der Waals surface area contributed by atoms with E-state index in [4.69, 9.17) is 0 Å². The van der Waals surface area contributed by atoms with E-state index in [1.54, 1.807) is 5.32 Å². The zero-order valence-electron chi connectivity index (χ0n) is 12.1. The van der Waals surface area contributed by atoms with Gasteiger partial charge in [-0.3, -0.25) is 4.79 Å². The summed E-state index contributed by atoms with van der Waals surface area (Å²) in [4.78, 5) is 21.6. The highest BCUT2D eigenvalue weighted by atomic mass is 19.2. The van der Waals surface area contributed by atoms with Gasteiger partial charge in [-0.25, -0.2) is 17.6 Å². The molecule has 0 fully saturated rings. The number of anilines is 1. The normalized spacial score (nSPS) is 10.7. The Morgan fingerprint density at radius 2 is 1.83 bits per heavy atom. The first-order chi connectivity index (χ1) is 11.2. The van der Waals surface area contributed by atoms with Crippen LogP contribution in [0.25, 0.3) is 0 Å². The average molecular weight is 346 g/mol. The summed E-state index contributed by atoms with van der Waals surface area (Å²) in [5, 5.41) is 15.9. The molecule has 2 aromatic rings. The smallest absolute Gasteiger partial charge is 0.358 e. The van der Waals surface area contributed by atoms with E-state index in [-0.39, 0.29) is 19.0 Å². The molecule has 0 saturated heterocycles. The number of rotatable bonds is 5. The molecule has 128 valence electrons. The number of hydrogen-bond acceptors (Lipinski definition) is 4. The number of halogens is 4. The van der Waals surface area contributed by atoms with E-state index in [2.05, 4.69) is 5.10 Å². The van der Waals surface area contributed by atoms with Crippen molar-refractivity contribution in [2.75, 3.05) is 5.32 Å². The minimum atomic E-state index is -1.73. The Bertz CT molecular complexity index is 796. The number of nitrogens with one attached hydrogen (secondary N) is 1. The molecule has 0 unspecified atom stereocenters. The summed E-state index contributed by atoms with van der Waals surface area (Å²) < 4.78 is 54.1. The van der Waals surface area contributed by atoms with Gasteiger partial charge in [-0.15, -0.1) is 0 Å². The van der Waals surface area contributed by atoms with Crippen molar-refractivity contribution >= 4 is 17.4 Å². The number of aromatic nitrogens is 2. The molecule has 1 amide bonds. The van der Waals surface area contributed by atoms with Crippen LogP contribution in [0.3, 0.4) is 0 Å². The number of hydrogen-bond donors (Lipinski definition) is 1. The molecule has 0 radical (unpaired) electrons. The Morgan fingerprint density at radius 3 is 2.33 bits per heavy atom. The Labute approximate surface area is 132 Å². The lowest BCUT2D eigenvalue weighted by atomic mass is 10.2. The second-order valence-corrected chi connectivity index (χ2v) is 4.77. The summed E-state index contributed by atoms with van der Waals surface area (Å²) in [6, 6.07) is 1.20. The van der Waals surface area contributed by atoms with E-state index in [9.17, 15) is 32.5 Å². The summed E-state index contributed by atoms with van der Waals surface area (Å²) in [5.41, 5.74) is -0.843. The highest BCUT2D eigenvalue weighted by Crippen LogP contribution is 2.24. The van der Waals surface area contributed by atoms with Gasteiger partial charge >= 0.3 is 5.82 Å². The lowest BCUT2D eigenvalue weighted by Crippen LogP contribution is -2.18. The van der Waals surface area contributed by atoms with Crippen molar-refractivity contribution in [3.63, 3.8) is 0 Å². The molecular formula is C13H10F4N4O3. The van der Waals surface area contributed by atoms with Gasteiger partial charge in [0.2, 0.25) is 5.91 Å². The quantitative estimate of drug-likeness (QED) is 0.390. The monoisotopic (exact) mass is 346 g/mol. The minimum absolute atomic E-state index is 0.0204. The fourth-order valence-corrected chi connectivity index (χ4v) is 1.90. The lowest BCUT2D eigenvalue weighted by Gasteiger charge is -2.08. The maximum absolute atomic E-state index is 13.4. The first kappa shape index (κ1) is 17.4. The van der Waals surface area contributed by atoms with E-state index >= 15 is 0 Å². The summed E-state index contributed by atoms with van der Waals surface area (Å²) in [5.74, 6) is -8.13. The van der Waals surface area contributed by atoms with Gasteiger partial charge in [0, 0.05) is 12.5 Å². The number of nitrogens with zero attached hydrogens (tertiary/aromatic N) is 3. The van der Waals surface area contributed by atoms with Crippen LogP contribution in [0.5, 0.6) is 0 Å². The highest BCUT2D eigenvalue weighted by Gasteiger charge is 2.21. The van der Waals surface area contributed by atoms with Crippen LogP contribution in [-0.2, 0) is 11.3 Å². The zero-order valence-corrected chi connectivity index (χ0v) is 12.1. The molecule has 0 atom stereocenters. The fourth-order valence-electron chi connectivity index (χ4n) is 1.90. The van der Waals surface area contributed by atoms with E-state index in [0.717, 1.165) is 4.68 Å². The minimum Gasteiger partial charge on any atom is -0.358 e. The van der Waals surface area contributed by atoms with Gasteiger partial charge in [-0.2, -0.15) is 4.68 Å². The van der Waals surface area contributed by atoms with Crippen LogP contribution in [0.15, 0.2) is 12.1 Å². The molecular weight excluding hydrogens is 336 g/mol. The zero-order chi connectivity index (χ0) is 18.0. The number of aryl methyl sites for hydroxylation is 2. The van der Waals surface area contributed by atoms with Gasteiger partial charge < -0.3 is 15.4 Å². The van der Waals surface area contributed by atoms with E-state index in [1.165, 1.54) is 13.0 Å². The van der Waals surface area contributed by atoms with Gasteiger partial charge in [-0.1, -0.05) is 0 Å². The van der Waals surface area contributed by atoms with Crippen molar-refractivity contribution in [2.24, 2.45) is 0 Å². The van der Waals surface area contributed by atoms with Crippen molar-refractivity contribution in [3.05, 3.63) is 51.2 Å². The number of carbonyl (C=O) groups is 1. The molecule has 0 aliphatic rings. The van der Waals surface area contributed by atoms with Crippen LogP contribution in [0.2, 0.25) is 0 Å². The Hall–Kier alpha value is -2.98. The molecule has 24 heavy (non-hydrogen) atoms. The van der Waals surface area contributed by atoms with E-state index in [0.29, 0.717) is 5.69 Å². The van der Waals surface area contributed by atoms with Crippen LogP contribution in [0, 0.1) is 40.3 Å².